The molecule has 0 radical (unpaired) electrons. The first-order valence-electron chi connectivity index (χ1n) is 8.54. The third-order valence-electron chi connectivity index (χ3n) is 4.47. The topological polar surface area (TPSA) is 75.1 Å². The van der Waals surface area contributed by atoms with E-state index in [1.165, 1.54) is 6.07 Å². The second-order valence-corrected chi connectivity index (χ2v) is 6.08. The number of carboxylic acid groups (broad SMARTS) is 1. The van der Waals surface area contributed by atoms with E-state index in [2.05, 4.69) is 14.8 Å². The molecule has 1 aliphatic heterocycles. The molecular formula is C19H23N3O4. The van der Waals surface area contributed by atoms with Crippen molar-refractivity contribution in [1.29, 1.82) is 0 Å². The molecule has 0 saturated carbocycles. The van der Waals surface area contributed by atoms with Gasteiger partial charge in [-0.15, -0.1) is 0 Å². The number of pyridine rings is 1. The predicted molar refractivity (Wildman–Crippen MR) is 99.8 cm³/mol. The molecule has 1 N–H and O–H groups in total. The first-order chi connectivity index (χ1) is 12.6. The number of benzene rings is 1. The molecular weight excluding hydrogens is 334 g/mol. The number of hydrogen-bond acceptors (Lipinski definition) is 6. The number of rotatable bonds is 5. The SMILES string of the molecule is COc1cc(OC)cc(N2CCCN(c3cccc(C(=O)O)n3)CC2)c1. The lowest BCUT2D eigenvalue weighted by molar-refractivity contribution is 0.0690. The third kappa shape index (κ3) is 3.99. The number of ether oxygens (including phenoxy) is 2. The van der Waals surface area contributed by atoms with Crippen molar-refractivity contribution in [3.8, 4) is 11.5 Å². The Morgan fingerprint density at radius 1 is 1.00 bits per heavy atom. The monoisotopic (exact) mass is 357 g/mol. The third-order valence-corrected chi connectivity index (χ3v) is 4.47. The van der Waals surface area contributed by atoms with E-state index in [4.69, 9.17) is 14.6 Å². The first kappa shape index (κ1) is 17.8. The van der Waals surface area contributed by atoms with Gasteiger partial charge in [-0.3, -0.25) is 0 Å². The number of carbonyl (C=O) groups is 1. The second-order valence-electron chi connectivity index (χ2n) is 6.08. The van der Waals surface area contributed by atoms with Gasteiger partial charge in [0.05, 0.1) is 14.2 Å². The van der Waals surface area contributed by atoms with Gasteiger partial charge < -0.3 is 24.4 Å². The van der Waals surface area contributed by atoms with Crippen LogP contribution < -0.4 is 19.3 Å². The molecule has 1 saturated heterocycles. The molecule has 0 amide bonds. The average Bonchev–Trinajstić information content (AvgIpc) is 2.94. The Hall–Kier alpha value is -2.96. The highest BCUT2D eigenvalue weighted by molar-refractivity contribution is 5.85. The number of anilines is 2. The van der Waals surface area contributed by atoms with Gasteiger partial charge in [-0.1, -0.05) is 6.07 Å². The Balaban J connectivity index is 1.76. The predicted octanol–water partition coefficient (Wildman–Crippen LogP) is 2.51. The van der Waals surface area contributed by atoms with Crippen LogP contribution in [-0.4, -0.2) is 56.5 Å². The summed E-state index contributed by atoms with van der Waals surface area (Å²) in [5.74, 6) is 1.22. The summed E-state index contributed by atoms with van der Waals surface area (Å²) in [6.45, 7) is 3.28. The number of aromatic carboxylic acids is 1. The van der Waals surface area contributed by atoms with Crippen LogP contribution in [0.3, 0.4) is 0 Å². The largest absolute Gasteiger partial charge is 0.497 e. The summed E-state index contributed by atoms with van der Waals surface area (Å²) in [6, 6.07) is 11.0. The molecule has 138 valence electrons. The summed E-state index contributed by atoms with van der Waals surface area (Å²) >= 11 is 0. The van der Waals surface area contributed by atoms with E-state index in [0.717, 1.165) is 49.8 Å². The van der Waals surface area contributed by atoms with Gasteiger partial charge in [-0.25, -0.2) is 9.78 Å². The van der Waals surface area contributed by atoms with Gasteiger partial charge >= 0.3 is 5.97 Å². The number of methoxy groups -OCH3 is 2. The minimum Gasteiger partial charge on any atom is -0.497 e. The Kier molecular flexibility index (Phi) is 5.46. The zero-order chi connectivity index (χ0) is 18.5. The van der Waals surface area contributed by atoms with E-state index in [-0.39, 0.29) is 5.69 Å². The fourth-order valence-corrected chi connectivity index (χ4v) is 3.10. The van der Waals surface area contributed by atoms with Crippen molar-refractivity contribution >= 4 is 17.5 Å². The van der Waals surface area contributed by atoms with Crippen LogP contribution in [0.15, 0.2) is 36.4 Å². The second kappa shape index (κ2) is 7.95. The molecule has 1 aromatic heterocycles. The first-order valence-corrected chi connectivity index (χ1v) is 8.54. The highest BCUT2D eigenvalue weighted by Gasteiger charge is 2.18. The Labute approximate surface area is 152 Å². The highest BCUT2D eigenvalue weighted by atomic mass is 16.5. The lowest BCUT2D eigenvalue weighted by atomic mass is 10.2. The maximum Gasteiger partial charge on any atom is 0.354 e. The minimum absolute atomic E-state index is 0.0705. The van der Waals surface area contributed by atoms with Crippen LogP contribution in [0.2, 0.25) is 0 Å². The number of aromatic nitrogens is 1. The van der Waals surface area contributed by atoms with Gasteiger partial charge in [0.15, 0.2) is 5.69 Å². The molecule has 0 aliphatic carbocycles. The molecule has 1 aliphatic rings. The van der Waals surface area contributed by atoms with Crippen molar-refractivity contribution in [2.24, 2.45) is 0 Å². The van der Waals surface area contributed by atoms with Crippen LogP contribution in [0.1, 0.15) is 16.9 Å². The summed E-state index contributed by atoms with van der Waals surface area (Å²) in [5.41, 5.74) is 1.12. The van der Waals surface area contributed by atoms with Crippen molar-refractivity contribution in [2.45, 2.75) is 6.42 Å². The molecule has 0 unspecified atom stereocenters. The Morgan fingerprint density at radius 2 is 1.65 bits per heavy atom. The van der Waals surface area contributed by atoms with E-state index in [1.807, 2.05) is 24.3 Å². The van der Waals surface area contributed by atoms with E-state index in [0.29, 0.717) is 5.82 Å². The smallest absolute Gasteiger partial charge is 0.354 e. The molecule has 2 aromatic rings. The molecule has 0 spiro atoms. The molecule has 0 bridgehead atoms. The summed E-state index contributed by atoms with van der Waals surface area (Å²) in [7, 11) is 3.29. The fraction of sp³-hybridized carbons (Fsp3) is 0.368. The van der Waals surface area contributed by atoms with Crippen molar-refractivity contribution < 1.29 is 19.4 Å². The fourth-order valence-electron chi connectivity index (χ4n) is 3.10. The molecule has 3 rings (SSSR count). The zero-order valence-corrected chi connectivity index (χ0v) is 15.0. The summed E-state index contributed by atoms with van der Waals surface area (Å²) in [5, 5.41) is 9.14. The summed E-state index contributed by atoms with van der Waals surface area (Å²) < 4.78 is 10.7. The number of nitrogens with zero attached hydrogens (tertiary/aromatic N) is 3. The molecule has 26 heavy (non-hydrogen) atoms. The van der Waals surface area contributed by atoms with Crippen LogP contribution in [0.5, 0.6) is 11.5 Å². The van der Waals surface area contributed by atoms with Crippen LogP contribution in [0, 0.1) is 0 Å². The van der Waals surface area contributed by atoms with Crippen molar-refractivity contribution in [3.05, 3.63) is 42.1 Å². The van der Waals surface area contributed by atoms with E-state index < -0.39 is 5.97 Å². The van der Waals surface area contributed by atoms with Gasteiger partial charge in [0, 0.05) is 50.1 Å². The summed E-state index contributed by atoms with van der Waals surface area (Å²) in [4.78, 5) is 19.8. The van der Waals surface area contributed by atoms with Crippen LogP contribution in [0.25, 0.3) is 0 Å². The van der Waals surface area contributed by atoms with Gasteiger partial charge in [0.25, 0.3) is 0 Å². The Bertz CT molecular complexity index is 759. The lowest BCUT2D eigenvalue weighted by Crippen LogP contribution is -2.31. The van der Waals surface area contributed by atoms with Crippen LogP contribution >= 0.6 is 0 Å². The molecule has 2 heterocycles. The van der Waals surface area contributed by atoms with Crippen molar-refractivity contribution in [1.82, 2.24) is 4.98 Å². The standard InChI is InChI=1S/C19H23N3O4/c1-25-15-11-14(12-16(13-15)26-2)21-7-4-8-22(10-9-21)18-6-3-5-17(20-18)19(23)24/h3,5-6,11-13H,4,7-10H2,1-2H3,(H,23,24). The minimum atomic E-state index is -1.01. The maximum absolute atomic E-state index is 11.1. The number of carboxylic acids is 1. The molecule has 0 atom stereocenters. The van der Waals surface area contributed by atoms with Gasteiger partial charge in [0.1, 0.15) is 17.3 Å². The van der Waals surface area contributed by atoms with Gasteiger partial charge in [-0.2, -0.15) is 0 Å². The molecule has 1 aromatic carbocycles. The van der Waals surface area contributed by atoms with Crippen molar-refractivity contribution in [3.63, 3.8) is 0 Å². The molecule has 7 heteroatoms. The normalized spacial score (nSPS) is 14.7. The van der Waals surface area contributed by atoms with Gasteiger partial charge in [-0.05, 0) is 18.6 Å². The summed E-state index contributed by atoms with van der Waals surface area (Å²) in [6.07, 6.45) is 0.943. The van der Waals surface area contributed by atoms with Crippen LogP contribution in [0.4, 0.5) is 11.5 Å². The average molecular weight is 357 g/mol. The van der Waals surface area contributed by atoms with Crippen LogP contribution in [-0.2, 0) is 0 Å². The van der Waals surface area contributed by atoms with Crippen molar-refractivity contribution in [2.75, 3.05) is 50.2 Å². The zero-order valence-electron chi connectivity index (χ0n) is 15.0. The lowest BCUT2D eigenvalue weighted by Gasteiger charge is -2.25. The van der Waals surface area contributed by atoms with Gasteiger partial charge in [0.2, 0.25) is 0 Å². The maximum atomic E-state index is 11.1. The number of hydrogen-bond donors (Lipinski definition) is 1. The van der Waals surface area contributed by atoms with E-state index in [1.54, 1.807) is 20.3 Å². The van der Waals surface area contributed by atoms with E-state index >= 15 is 0 Å². The molecule has 1 fully saturated rings. The highest BCUT2D eigenvalue weighted by Crippen LogP contribution is 2.29. The molecule has 7 nitrogen and oxygen atoms in total. The van der Waals surface area contributed by atoms with E-state index in [9.17, 15) is 4.79 Å². The Morgan fingerprint density at radius 3 is 2.31 bits per heavy atom. The quantitative estimate of drug-likeness (QED) is 0.881.